The molecular formula is C16H16F3N3O2S. The minimum Gasteiger partial charge on any atom is -0.472 e. The third-order valence-electron chi connectivity index (χ3n) is 3.78. The fourth-order valence-corrected chi connectivity index (χ4v) is 3.16. The molecule has 1 atom stereocenters. The highest BCUT2D eigenvalue weighted by Gasteiger charge is 2.32. The van der Waals surface area contributed by atoms with E-state index in [0.29, 0.717) is 26.1 Å². The highest BCUT2D eigenvalue weighted by Crippen LogP contribution is 2.31. The second-order valence-electron chi connectivity index (χ2n) is 5.59. The number of ether oxygens (including phenoxy) is 1. The predicted molar refractivity (Wildman–Crippen MR) is 86.4 cm³/mol. The molecule has 3 heterocycles. The van der Waals surface area contributed by atoms with Crippen LogP contribution in [0.3, 0.4) is 0 Å². The van der Waals surface area contributed by atoms with E-state index in [1.54, 1.807) is 16.2 Å². The average Bonchev–Trinajstić information content (AvgIpc) is 3.24. The Labute approximate surface area is 146 Å². The van der Waals surface area contributed by atoms with Crippen LogP contribution in [0.15, 0.2) is 35.8 Å². The summed E-state index contributed by atoms with van der Waals surface area (Å²) in [5.74, 6) is -0.0827. The number of carbonyl (C=O) groups excluding carboxylic acids is 1. The fraction of sp³-hybridized carbons (Fsp3) is 0.375. The molecule has 2 aromatic heterocycles. The zero-order valence-corrected chi connectivity index (χ0v) is 13.9. The molecule has 0 unspecified atom stereocenters. The summed E-state index contributed by atoms with van der Waals surface area (Å²) in [6.45, 7) is 1.25. The lowest BCUT2D eigenvalue weighted by molar-refractivity contribution is -0.137. The Morgan fingerprint density at radius 2 is 2.28 bits per heavy atom. The number of nitrogens with zero attached hydrogens (tertiary/aromatic N) is 2. The van der Waals surface area contributed by atoms with Crippen LogP contribution in [-0.4, -0.2) is 35.1 Å². The molecule has 0 saturated carbocycles. The molecule has 0 bridgehead atoms. The first-order valence-electron chi connectivity index (χ1n) is 7.67. The number of urea groups is 1. The summed E-state index contributed by atoms with van der Waals surface area (Å²) in [6, 6.07) is 5.40. The second kappa shape index (κ2) is 7.30. The van der Waals surface area contributed by atoms with Gasteiger partial charge in [-0.25, -0.2) is 9.78 Å². The summed E-state index contributed by atoms with van der Waals surface area (Å²) in [7, 11) is 0. The molecule has 0 aromatic carbocycles. The van der Waals surface area contributed by atoms with E-state index in [2.05, 4.69) is 10.3 Å². The van der Waals surface area contributed by atoms with E-state index < -0.39 is 11.7 Å². The molecule has 9 heteroatoms. The number of hydrogen-bond acceptors (Lipinski definition) is 4. The molecule has 25 heavy (non-hydrogen) atoms. The second-order valence-corrected chi connectivity index (χ2v) is 6.63. The van der Waals surface area contributed by atoms with Gasteiger partial charge in [0, 0.05) is 30.1 Å². The number of carbonyl (C=O) groups is 1. The van der Waals surface area contributed by atoms with Crippen molar-refractivity contribution in [3.8, 4) is 5.88 Å². The van der Waals surface area contributed by atoms with Crippen LogP contribution in [0.25, 0.3) is 0 Å². The Bertz CT molecular complexity index is 722. The van der Waals surface area contributed by atoms with Crippen LogP contribution in [-0.2, 0) is 12.7 Å². The minimum atomic E-state index is -4.44. The van der Waals surface area contributed by atoms with Gasteiger partial charge in [-0.1, -0.05) is 6.07 Å². The van der Waals surface area contributed by atoms with Crippen LogP contribution in [0.5, 0.6) is 5.88 Å². The maximum Gasteiger partial charge on any atom is 0.416 e. The molecule has 2 amide bonds. The van der Waals surface area contributed by atoms with Gasteiger partial charge in [0.15, 0.2) is 0 Å². The number of halogens is 3. The van der Waals surface area contributed by atoms with Crippen LogP contribution in [0.2, 0.25) is 0 Å². The number of likely N-dealkylation sites (tertiary alicyclic amines) is 1. The standard InChI is InChI=1S/C16H16F3N3O2S/c17-16(18,19)11-3-5-20-14(8-11)24-12-4-6-22(10-12)15(23)21-9-13-2-1-7-25-13/h1-3,5,7-8,12H,4,6,9-10H2,(H,21,23)/t12-/m0/s1. The maximum atomic E-state index is 12.7. The number of pyridine rings is 1. The number of rotatable bonds is 4. The van der Waals surface area contributed by atoms with Crippen molar-refractivity contribution in [1.29, 1.82) is 0 Å². The van der Waals surface area contributed by atoms with Gasteiger partial charge in [0.25, 0.3) is 0 Å². The van der Waals surface area contributed by atoms with Gasteiger partial charge in [0.05, 0.1) is 18.7 Å². The molecule has 1 saturated heterocycles. The number of hydrogen-bond donors (Lipinski definition) is 1. The van der Waals surface area contributed by atoms with Crippen LogP contribution in [0.4, 0.5) is 18.0 Å². The number of alkyl halides is 3. The predicted octanol–water partition coefficient (Wildman–Crippen LogP) is 3.52. The van der Waals surface area contributed by atoms with Crippen LogP contribution in [0, 0.1) is 0 Å². The number of amides is 2. The van der Waals surface area contributed by atoms with Crippen molar-refractivity contribution < 1.29 is 22.7 Å². The Morgan fingerprint density at radius 1 is 1.44 bits per heavy atom. The van der Waals surface area contributed by atoms with E-state index in [9.17, 15) is 18.0 Å². The number of aromatic nitrogens is 1. The molecular weight excluding hydrogens is 355 g/mol. The van der Waals surface area contributed by atoms with Crippen LogP contribution < -0.4 is 10.1 Å². The lowest BCUT2D eigenvalue weighted by Gasteiger charge is -2.17. The van der Waals surface area contributed by atoms with Gasteiger partial charge in [0.2, 0.25) is 5.88 Å². The van der Waals surface area contributed by atoms with Gasteiger partial charge < -0.3 is 15.0 Å². The third kappa shape index (κ3) is 4.62. The molecule has 1 fully saturated rings. The van der Waals surface area contributed by atoms with E-state index in [1.807, 2.05) is 17.5 Å². The molecule has 1 N–H and O–H groups in total. The molecule has 0 radical (unpaired) electrons. The zero-order valence-electron chi connectivity index (χ0n) is 13.1. The van der Waals surface area contributed by atoms with E-state index in [4.69, 9.17) is 4.74 Å². The first kappa shape index (κ1) is 17.5. The van der Waals surface area contributed by atoms with Crippen molar-refractivity contribution in [3.63, 3.8) is 0 Å². The van der Waals surface area contributed by atoms with Gasteiger partial charge in [-0.05, 0) is 17.5 Å². The Balaban J connectivity index is 1.52. The summed E-state index contributed by atoms with van der Waals surface area (Å²) >= 11 is 1.55. The summed E-state index contributed by atoms with van der Waals surface area (Å²) in [5, 5.41) is 4.75. The Hall–Kier alpha value is -2.29. The van der Waals surface area contributed by atoms with Crippen molar-refractivity contribution >= 4 is 17.4 Å². The van der Waals surface area contributed by atoms with Crippen LogP contribution >= 0.6 is 11.3 Å². The van der Waals surface area contributed by atoms with Gasteiger partial charge in [-0.3, -0.25) is 0 Å². The van der Waals surface area contributed by atoms with E-state index >= 15 is 0 Å². The molecule has 1 aliphatic rings. The minimum absolute atomic E-state index is 0.0827. The lowest BCUT2D eigenvalue weighted by Crippen LogP contribution is -2.38. The van der Waals surface area contributed by atoms with Crippen molar-refractivity contribution in [3.05, 3.63) is 46.3 Å². The van der Waals surface area contributed by atoms with Crippen molar-refractivity contribution in [1.82, 2.24) is 15.2 Å². The topological polar surface area (TPSA) is 54.5 Å². The molecule has 3 rings (SSSR count). The maximum absolute atomic E-state index is 12.7. The largest absolute Gasteiger partial charge is 0.472 e. The number of thiophene rings is 1. The smallest absolute Gasteiger partial charge is 0.416 e. The number of nitrogens with one attached hydrogen (secondary N) is 1. The fourth-order valence-electron chi connectivity index (χ4n) is 2.52. The molecule has 1 aliphatic heterocycles. The van der Waals surface area contributed by atoms with E-state index in [-0.39, 0.29) is 18.0 Å². The zero-order chi connectivity index (χ0) is 17.9. The highest BCUT2D eigenvalue weighted by atomic mass is 32.1. The van der Waals surface area contributed by atoms with Gasteiger partial charge in [-0.15, -0.1) is 11.3 Å². The normalized spacial score (nSPS) is 17.6. The first-order valence-corrected chi connectivity index (χ1v) is 8.55. The van der Waals surface area contributed by atoms with Crippen molar-refractivity contribution in [2.75, 3.05) is 13.1 Å². The molecule has 0 spiro atoms. The summed E-state index contributed by atoms with van der Waals surface area (Å²) in [4.78, 5) is 18.6. The quantitative estimate of drug-likeness (QED) is 0.895. The Kier molecular flexibility index (Phi) is 5.12. The van der Waals surface area contributed by atoms with Crippen LogP contribution in [0.1, 0.15) is 16.9 Å². The monoisotopic (exact) mass is 371 g/mol. The van der Waals surface area contributed by atoms with Crippen molar-refractivity contribution in [2.24, 2.45) is 0 Å². The van der Waals surface area contributed by atoms with Gasteiger partial charge in [0.1, 0.15) is 6.10 Å². The molecule has 5 nitrogen and oxygen atoms in total. The molecule has 2 aromatic rings. The summed E-state index contributed by atoms with van der Waals surface area (Å²) < 4.78 is 43.6. The highest BCUT2D eigenvalue weighted by molar-refractivity contribution is 7.09. The first-order chi connectivity index (χ1) is 11.9. The Morgan fingerprint density at radius 3 is 3.00 bits per heavy atom. The van der Waals surface area contributed by atoms with Crippen molar-refractivity contribution in [2.45, 2.75) is 25.2 Å². The van der Waals surface area contributed by atoms with E-state index in [0.717, 1.165) is 23.2 Å². The SMILES string of the molecule is O=C(NCc1cccs1)N1CC[C@H](Oc2cc(C(F)(F)F)ccn2)C1. The molecule has 0 aliphatic carbocycles. The lowest BCUT2D eigenvalue weighted by atomic mass is 10.2. The van der Waals surface area contributed by atoms with E-state index in [1.165, 1.54) is 0 Å². The third-order valence-corrected chi connectivity index (χ3v) is 4.65. The molecule has 134 valence electrons. The van der Waals surface area contributed by atoms with Gasteiger partial charge in [-0.2, -0.15) is 13.2 Å². The summed E-state index contributed by atoms with van der Waals surface area (Å²) in [6.07, 6.45) is -3.20. The summed E-state index contributed by atoms with van der Waals surface area (Å²) in [5.41, 5.74) is -0.805. The average molecular weight is 371 g/mol. The van der Waals surface area contributed by atoms with Gasteiger partial charge >= 0.3 is 12.2 Å².